The number of hydrogen-bond acceptors (Lipinski definition) is 2. The molecule has 24 heavy (non-hydrogen) atoms. The van der Waals surface area contributed by atoms with Gasteiger partial charge in [0.15, 0.2) is 5.78 Å². The number of Topliss-reactive ketones (excluding diaryl/α,β-unsaturated/α-hetero) is 1. The molecule has 3 heteroatoms. The summed E-state index contributed by atoms with van der Waals surface area (Å²) in [4.78, 5) is 23.8. The lowest BCUT2D eigenvalue weighted by Gasteiger charge is -2.15. The Kier molecular flexibility index (Phi) is 4.71. The molecule has 0 saturated carbocycles. The number of carboxylic acids is 1. The second-order valence-corrected chi connectivity index (χ2v) is 5.89. The zero-order chi connectivity index (χ0) is 16.9. The quantitative estimate of drug-likeness (QED) is 0.672. The number of carbonyl (C=O) groups is 2. The molecule has 0 aliphatic heterocycles. The van der Waals surface area contributed by atoms with E-state index in [9.17, 15) is 9.59 Å². The van der Waals surface area contributed by atoms with Crippen molar-refractivity contribution in [2.75, 3.05) is 0 Å². The fourth-order valence-electron chi connectivity index (χ4n) is 2.95. The molecule has 3 aromatic carbocycles. The van der Waals surface area contributed by atoms with Gasteiger partial charge in [-0.1, -0.05) is 66.7 Å². The van der Waals surface area contributed by atoms with Crippen LogP contribution in [0.1, 0.15) is 34.7 Å². The summed E-state index contributed by atoms with van der Waals surface area (Å²) in [6.45, 7) is 0. The Bertz CT molecular complexity index is 868. The van der Waals surface area contributed by atoms with E-state index in [0.717, 1.165) is 16.3 Å². The largest absolute Gasteiger partial charge is 0.481 e. The summed E-state index contributed by atoms with van der Waals surface area (Å²) in [5.74, 6) is -1.24. The number of benzene rings is 3. The molecule has 0 fully saturated rings. The monoisotopic (exact) mass is 318 g/mol. The normalized spacial score (nSPS) is 12.0. The highest BCUT2D eigenvalue weighted by molar-refractivity contribution is 6.00. The Morgan fingerprint density at radius 1 is 0.792 bits per heavy atom. The molecule has 0 aliphatic rings. The van der Waals surface area contributed by atoms with Crippen molar-refractivity contribution in [3.63, 3.8) is 0 Å². The van der Waals surface area contributed by atoms with Crippen molar-refractivity contribution in [2.24, 2.45) is 0 Å². The highest BCUT2D eigenvalue weighted by atomic mass is 16.4. The molecule has 0 amide bonds. The van der Waals surface area contributed by atoms with Crippen LogP contribution in [0.25, 0.3) is 10.8 Å². The van der Waals surface area contributed by atoms with Crippen LogP contribution in [0, 0.1) is 0 Å². The lowest BCUT2D eigenvalue weighted by atomic mass is 9.88. The maximum Gasteiger partial charge on any atom is 0.303 e. The van der Waals surface area contributed by atoms with Crippen LogP contribution in [0.4, 0.5) is 0 Å². The van der Waals surface area contributed by atoms with Gasteiger partial charge in [0, 0.05) is 17.9 Å². The maximum atomic E-state index is 12.7. The second kappa shape index (κ2) is 7.09. The molecule has 0 heterocycles. The van der Waals surface area contributed by atoms with Gasteiger partial charge in [-0.15, -0.1) is 0 Å². The van der Waals surface area contributed by atoms with Gasteiger partial charge in [-0.2, -0.15) is 0 Å². The van der Waals surface area contributed by atoms with E-state index in [2.05, 4.69) is 0 Å². The molecule has 0 aliphatic carbocycles. The number of fused-ring (bicyclic) bond motifs is 1. The fourth-order valence-corrected chi connectivity index (χ4v) is 2.95. The smallest absolute Gasteiger partial charge is 0.303 e. The van der Waals surface area contributed by atoms with Crippen LogP contribution in [0.3, 0.4) is 0 Å². The van der Waals surface area contributed by atoms with Crippen molar-refractivity contribution in [1.82, 2.24) is 0 Å². The van der Waals surface area contributed by atoms with E-state index in [0.29, 0.717) is 5.56 Å². The van der Waals surface area contributed by atoms with E-state index in [4.69, 9.17) is 5.11 Å². The number of aliphatic carboxylic acids is 1. The standard InChI is InChI=1S/C21H18O3/c22-20(18-11-10-16-8-4-5-9-17(16)12-18)13-19(14-21(23)24)15-6-2-1-3-7-15/h1-12,19H,13-14H2,(H,23,24). The predicted molar refractivity (Wildman–Crippen MR) is 94.3 cm³/mol. The molecule has 0 spiro atoms. The molecule has 0 aromatic heterocycles. The molecule has 3 nitrogen and oxygen atoms in total. The zero-order valence-corrected chi connectivity index (χ0v) is 13.2. The van der Waals surface area contributed by atoms with Crippen LogP contribution in [-0.4, -0.2) is 16.9 Å². The summed E-state index contributed by atoms with van der Waals surface area (Å²) < 4.78 is 0. The number of rotatable bonds is 6. The SMILES string of the molecule is O=C(O)CC(CC(=O)c1ccc2ccccc2c1)c1ccccc1. The molecule has 3 rings (SSSR count). The minimum absolute atomic E-state index is 0.0316. The first-order chi connectivity index (χ1) is 11.6. The van der Waals surface area contributed by atoms with Crippen LogP contribution < -0.4 is 0 Å². The fraction of sp³-hybridized carbons (Fsp3) is 0.143. The lowest BCUT2D eigenvalue weighted by Crippen LogP contribution is -2.12. The molecule has 0 bridgehead atoms. The molecule has 1 N–H and O–H groups in total. The van der Waals surface area contributed by atoms with Crippen LogP contribution in [0.2, 0.25) is 0 Å². The Hall–Kier alpha value is -2.94. The summed E-state index contributed by atoms with van der Waals surface area (Å²) in [5, 5.41) is 11.3. The van der Waals surface area contributed by atoms with Crippen LogP contribution in [0.15, 0.2) is 72.8 Å². The Balaban J connectivity index is 1.85. The van der Waals surface area contributed by atoms with Crippen LogP contribution in [-0.2, 0) is 4.79 Å². The second-order valence-electron chi connectivity index (χ2n) is 5.89. The van der Waals surface area contributed by atoms with Gasteiger partial charge in [0.1, 0.15) is 0 Å². The molecule has 3 aromatic rings. The van der Waals surface area contributed by atoms with Crippen molar-refractivity contribution >= 4 is 22.5 Å². The van der Waals surface area contributed by atoms with Gasteiger partial charge in [0.25, 0.3) is 0 Å². The number of hydrogen-bond donors (Lipinski definition) is 1. The van der Waals surface area contributed by atoms with Crippen LogP contribution >= 0.6 is 0 Å². The third kappa shape index (κ3) is 3.69. The van der Waals surface area contributed by atoms with Gasteiger partial charge in [-0.25, -0.2) is 0 Å². The Morgan fingerprint density at radius 2 is 1.46 bits per heavy atom. The first-order valence-electron chi connectivity index (χ1n) is 7.92. The average molecular weight is 318 g/mol. The summed E-state index contributed by atoms with van der Waals surface area (Å²) in [7, 11) is 0. The van der Waals surface area contributed by atoms with Gasteiger partial charge in [-0.05, 0) is 22.4 Å². The molecular formula is C21H18O3. The Morgan fingerprint density at radius 3 is 2.17 bits per heavy atom. The number of carboxylic acid groups (broad SMARTS) is 1. The first kappa shape index (κ1) is 15.9. The summed E-state index contributed by atoms with van der Waals surface area (Å²) >= 11 is 0. The third-order valence-electron chi connectivity index (χ3n) is 4.20. The minimum Gasteiger partial charge on any atom is -0.481 e. The topological polar surface area (TPSA) is 54.4 Å². The summed E-state index contributed by atoms with van der Waals surface area (Å²) in [6, 6.07) is 22.9. The number of carbonyl (C=O) groups excluding carboxylic acids is 1. The maximum absolute atomic E-state index is 12.7. The van der Waals surface area contributed by atoms with Crippen molar-refractivity contribution in [3.8, 4) is 0 Å². The molecule has 1 atom stereocenters. The molecular weight excluding hydrogens is 300 g/mol. The van der Waals surface area contributed by atoms with Gasteiger partial charge in [0.05, 0.1) is 6.42 Å². The van der Waals surface area contributed by atoms with Gasteiger partial charge < -0.3 is 5.11 Å². The van der Waals surface area contributed by atoms with E-state index in [-0.39, 0.29) is 24.5 Å². The highest BCUT2D eigenvalue weighted by Gasteiger charge is 2.20. The van der Waals surface area contributed by atoms with Crippen molar-refractivity contribution in [1.29, 1.82) is 0 Å². The molecule has 0 radical (unpaired) electrons. The predicted octanol–water partition coefficient (Wildman–Crippen LogP) is 4.67. The third-order valence-corrected chi connectivity index (χ3v) is 4.20. The summed E-state index contributed by atoms with van der Waals surface area (Å²) in [5.41, 5.74) is 1.51. The van der Waals surface area contributed by atoms with Crippen molar-refractivity contribution in [3.05, 3.63) is 83.9 Å². The van der Waals surface area contributed by atoms with E-state index >= 15 is 0 Å². The summed E-state index contributed by atoms with van der Waals surface area (Å²) in [6.07, 6.45) is 0.137. The van der Waals surface area contributed by atoms with E-state index in [1.807, 2.05) is 72.8 Å². The van der Waals surface area contributed by atoms with Gasteiger partial charge >= 0.3 is 5.97 Å². The van der Waals surface area contributed by atoms with Gasteiger partial charge in [0.2, 0.25) is 0 Å². The van der Waals surface area contributed by atoms with Gasteiger partial charge in [-0.3, -0.25) is 9.59 Å². The van der Waals surface area contributed by atoms with E-state index < -0.39 is 5.97 Å². The van der Waals surface area contributed by atoms with Crippen molar-refractivity contribution < 1.29 is 14.7 Å². The molecule has 0 saturated heterocycles. The lowest BCUT2D eigenvalue weighted by molar-refractivity contribution is -0.137. The number of ketones is 1. The molecule has 120 valence electrons. The van der Waals surface area contributed by atoms with Crippen molar-refractivity contribution in [2.45, 2.75) is 18.8 Å². The minimum atomic E-state index is -0.893. The van der Waals surface area contributed by atoms with Crippen LogP contribution in [0.5, 0.6) is 0 Å². The average Bonchev–Trinajstić information content (AvgIpc) is 2.61. The zero-order valence-electron chi connectivity index (χ0n) is 13.2. The van der Waals surface area contributed by atoms with E-state index in [1.165, 1.54) is 0 Å². The van der Waals surface area contributed by atoms with E-state index in [1.54, 1.807) is 0 Å². The highest BCUT2D eigenvalue weighted by Crippen LogP contribution is 2.26. The first-order valence-corrected chi connectivity index (χ1v) is 7.92. The molecule has 1 unspecified atom stereocenters. The Labute approximate surface area is 140 Å².